The second-order valence-corrected chi connectivity index (χ2v) is 3.08. The molecule has 6 nitrogen and oxygen atoms in total. The summed E-state index contributed by atoms with van der Waals surface area (Å²) in [6.45, 7) is 0. The highest BCUT2D eigenvalue weighted by atomic mass is 16.4. The molecule has 6 heteroatoms. The van der Waals surface area contributed by atoms with E-state index in [4.69, 9.17) is 15.3 Å². The van der Waals surface area contributed by atoms with Gasteiger partial charge in [-0.05, 0) is 29.8 Å². The Balaban J connectivity index is 3.30. The van der Waals surface area contributed by atoms with E-state index in [1.165, 1.54) is 0 Å². The maximum absolute atomic E-state index is 10.8. The summed E-state index contributed by atoms with van der Waals surface area (Å²) in [5.74, 6) is -3.72. The van der Waals surface area contributed by atoms with E-state index in [2.05, 4.69) is 0 Å². The molecule has 0 saturated heterocycles. The van der Waals surface area contributed by atoms with Crippen LogP contribution < -0.4 is 0 Å². The zero-order valence-corrected chi connectivity index (χ0v) is 8.45. The lowest BCUT2D eigenvalue weighted by Crippen LogP contribution is -2.03. The number of benzene rings is 1. The van der Waals surface area contributed by atoms with E-state index in [9.17, 15) is 14.4 Å². The molecule has 1 rings (SSSR count). The van der Waals surface area contributed by atoms with Crippen molar-refractivity contribution < 1.29 is 29.7 Å². The van der Waals surface area contributed by atoms with Crippen LogP contribution in [0.25, 0.3) is 6.08 Å². The summed E-state index contributed by atoms with van der Waals surface area (Å²) in [5.41, 5.74) is -0.243. The van der Waals surface area contributed by atoms with Crippen molar-refractivity contribution in [1.29, 1.82) is 0 Å². The van der Waals surface area contributed by atoms with Crippen molar-refractivity contribution in [2.45, 2.75) is 0 Å². The highest BCUT2D eigenvalue weighted by molar-refractivity contribution is 5.97. The minimum absolute atomic E-state index is 0.0276. The fourth-order valence-corrected chi connectivity index (χ4v) is 1.19. The van der Waals surface area contributed by atoms with Crippen LogP contribution in [0.1, 0.15) is 26.3 Å². The highest BCUT2D eigenvalue weighted by Gasteiger charge is 2.11. The Labute approximate surface area is 95.4 Å². The molecule has 0 fully saturated rings. The first-order valence-electron chi connectivity index (χ1n) is 4.43. The number of hydrogen-bond donors (Lipinski definition) is 3. The van der Waals surface area contributed by atoms with Crippen molar-refractivity contribution in [1.82, 2.24) is 0 Å². The predicted octanol–water partition coefficient (Wildman–Crippen LogP) is 1.18. The van der Waals surface area contributed by atoms with Gasteiger partial charge in [-0.15, -0.1) is 0 Å². The first kappa shape index (κ1) is 12.4. The van der Waals surface area contributed by atoms with E-state index in [0.717, 1.165) is 30.4 Å². The second-order valence-electron chi connectivity index (χ2n) is 3.08. The molecule has 88 valence electrons. The molecule has 0 saturated carbocycles. The second kappa shape index (κ2) is 4.93. The van der Waals surface area contributed by atoms with Gasteiger partial charge in [0, 0.05) is 6.08 Å². The largest absolute Gasteiger partial charge is 0.478 e. The summed E-state index contributed by atoms with van der Waals surface area (Å²) in [6.07, 6.45) is 1.78. The van der Waals surface area contributed by atoms with Gasteiger partial charge in [0.2, 0.25) is 0 Å². The number of aromatic carboxylic acids is 2. The fraction of sp³-hybridized carbons (Fsp3) is 0. The molecule has 1 aromatic carbocycles. The normalized spacial score (nSPS) is 10.4. The van der Waals surface area contributed by atoms with Crippen molar-refractivity contribution in [2.24, 2.45) is 0 Å². The van der Waals surface area contributed by atoms with E-state index in [1.807, 2.05) is 0 Å². The smallest absolute Gasteiger partial charge is 0.336 e. The van der Waals surface area contributed by atoms with E-state index < -0.39 is 17.9 Å². The minimum Gasteiger partial charge on any atom is -0.478 e. The molecule has 0 amide bonds. The monoisotopic (exact) mass is 236 g/mol. The van der Waals surface area contributed by atoms with Gasteiger partial charge in [0.25, 0.3) is 0 Å². The molecule has 0 bridgehead atoms. The third-order valence-electron chi connectivity index (χ3n) is 1.93. The van der Waals surface area contributed by atoms with Crippen LogP contribution in [0.4, 0.5) is 0 Å². The Morgan fingerprint density at radius 1 is 1.00 bits per heavy atom. The number of rotatable bonds is 4. The molecule has 1 aromatic rings. The molecule has 0 radical (unpaired) electrons. The van der Waals surface area contributed by atoms with Gasteiger partial charge in [0.05, 0.1) is 11.1 Å². The first-order chi connectivity index (χ1) is 7.91. The molecular weight excluding hydrogens is 228 g/mol. The quantitative estimate of drug-likeness (QED) is 0.676. The van der Waals surface area contributed by atoms with Gasteiger partial charge in [0.15, 0.2) is 0 Å². The third kappa shape index (κ3) is 3.16. The predicted molar refractivity (Wildman–Crippen MR) is 57.0 cm³/mol. The number of hydrogen-bond acceptors (Lipinski definition) is 3. The Bertz CT molecular complexity index is 515. The topological polar surface area (TPSA) is 112 Å². The summed E-state index contributed by atoms with van der Waals surface area (Å²) in [4.78, 5) is 31.8. The Kier molecular flexibility index (Phi) is 3.61. The van der Waals surface area contributed by atoms with Crippen LogP contribution in [0.2, 0.25) is 0 Å². The maximum Gasteiger partial charge on any atom is 0.336 e. The Morgan fingerprint density at radius 2 is 1.65 bits per heavy atom. The number of carbonyl (C=O) groups is 3. The van der Waals surface area contributed by atoms with E-state index in [0.29, 0.717) is 0 Å². The highest BCUT2D eigenvalue weighted by Crippen LogP contribution is 2.14. The fourth-order valence-electron chi connectivity index (χ4n) is 1.19. The maximum atomic E-state index is 10.8. The summed E-state index contributed by atoms with van der Waals surface area (Å²) < 4.78 is 0. The Morgan fingerprint density at radius 3 is 2.12 bits per heavy atom. The van der Waals surface area contributed by atoms with Gasteiger partial charge >= 0.3 is 17.9 Å². The summed E-state index contributed by atoms with van der Waals surface area (Å²) in [6, 6.07) is 3.36. The van der Waals surface area contributed by atoms with Gasteiger partial charge in [-0.1, -0.05) is 0 Å². The zero-order valence-electron chi connectivity index (χ0n) is 8.45. The van der Waals surface area contributed by atoms with Crippen LogP contribution in [-0.2, 0) is 4.79 Å². The molecule has 0 spiro atoms. The van der Waals surface area contributed by atoms with Crippen molar-refractivity contribution >= 4 is 24.0 Å². The van der Waals surface area contributed by atoms with Crippen LogP contribution in [0.3, 0.4) is 0 Å². The van der Waals surface area contributed by atoms with Crippen LogP contribution in [0.15, 0.2) is 24.3 Å². The molecule has 0 heterocycles. The molecule has 0 aliphatic heterocycles. The van der Waals surface area contributed by atoms with Crippen LogP contribution in [-0.4, -0.2) is 33.2 Å². The number of carboxylic acids is 3. The number of carboxylic acid groups (broad SMARTS) is 3. The van der Waals surface area contributed by atoms with Gasteiger partial charge in [-0.3, -0.25) is 0 Å². The summed E-state index contributed by atoms with van der Waals surface area (Å²) in [5, 5.41) is 26.0. The molecule has 0 atom stereocenters. The summed E-state index contributed by atoms with van der Waals surface area (Å²) >= 11 is 0. The SMILES string of the molecule is O=C(O)/C=C/c1cc(C(=O)O)ccc1C(=O)O. The molecule has 0 unspecified atom stereocenters. The van der Waals surface area contributed by atoms with Crippen molar-refractivity contribution in [3.63, 3.8) is 0 Å². The van der Waals surface area contributed by atoms with Gasteiger partial charge in [-0.2, -0.15) is 0 Å². The first-order valence-corrected chi connectivity index (χ1v) is 4.43. The molecule has 17 heavy (non-hydrogen) atoms. The molecule has 3 N–H and O–H groups in total. The van der Waals surface area contributed by atoms with Crippen LogP contribution >= 0.6 is 0 Å². The molecule has 0 aliphatic carbocycles. The van der Waals surface area contributed by atoms with Crippen molar-refractivity contribution in [3.05, 3.63) is 41.0 Å². The molecule has 0 aliphatic rings. The lowest BCUT2D eigenvalue weighted by molar-refractivity contribution is -0.131. The van der Waals surface area contributed by atoms with E-state index >= 15 is 0 Å². The lowest BCUT2D eigenvalue weighted by atomic mass is 10.0. The van der Waals surface area contributed by atoms with Crippen LogP contribution in [0.5, 0.6) is 0 Å². The zero-order chi connectivity index (χ0) is 13.0. The van der Waals surface area contributed by atoms with Crippen LogP contribution in [0, 0.1) is 0 Å². The van der Waals surface area contributed by atoms with Gasteiger partial charge in [0.1, 0.15) is 0 Å². The molecular formula is C11H8O6. The average Bonchev–Trinajstić information content (AvgIpc) is 2.25. The van der Waals surface area contributed by atoms with Gasteiger partial charge in [-0.25, -0.2) is 14.4 Å². The summed E-state index contributed by atoms with van der Waals surface area (Å²) in [7, 11) is 0. The number of aliphatic carboxylic acids is 1. The molecule has 0 aromatic heterocycles. The lowest BCUT2D eigenvalue weighted by Gasteiger charge is -2.02. The Hall–Kier alpha value is -2.63. The standard InChI is InChI=1S/C11H8O6/c12-9(13)4-2-6-5-7(10(14)15)1-3-8(6)11(16)17/h1-5H,(H,12,13)(H,14,15)(H,16,17)/b4-2+. The van der Waals surface area contributed by atoms with E-state index in [1.54, 1.807) is 0 Å². The van der Waals surface area contributed by atoms with Crippen molar-refractivity contribution in [2.75, 3.05) is 0 Å². The van der Waals surface area contributed by atoms with E-state index in [-0.39, 0.29) is 16.7 Å². The third-order valence-corrected chi connectivity index (χ3v) is 1.93. The minimum atomic E-state index is -1.26. The average molecular weight is 236 g/mol. The van der Waals surface area contributed by atoms with Gasteiger partial charge < -0.3 is 15.3 Å². The van der Waals surface area contributed by atoms with Crippen molar-refractivity contribution in [3.8, 4) is 0 Å².